The number of para-hydroxylation sites is 2. The first-order valence-corrected chi connectivity index (χ1v) is 5.66. The SMILES string of the molecule is O=[N+]([O-])c1ccccc1N[C@H]1OC[C@@H](O)[C@@H](O)[C@H]1O. The molecule has 0 spiro atoms. The van der Waals surface area contributed by atoms with E-state index in [4.69, 9.17) is 4.74 Å². The van der Waals surface area contributed by atoms with Gasteiger partial charge in [0.25, 0.3) is 5.69 Å². The van der Waals surface area contributed by atoms with E-state index in [0.29, 0.717) is 0 Å². The molecule has 1 aliphatic heterocycles. The van der Waals surface area contributed by atoms with Crippen LogP contribution in [-0.4, -0.2) is 51.4 Å². The smallest absolute Gasteiger partial charge is 0.292 e. The number of nitrogens with one attached hydrogen (secondary N) is 1. The molecule has 8 heteroatoms. The normalized spacial score (nSPS) is 30.9. The fourth-order valence-corrected chi connectivity index (χ4v) is 1.84. The number of anilines is 1. The van der Waals surface area contributed by atoms with Gasteiger partial charge in [0.05, 0.1) is 11.5 Å². The first-order valence-electron chi connectivity index (χ1n) is 5.66. The van der Waals surface area contributed by atoms with Crippen LogP contribution in [0.25, 0.3) is 0 Å². The number of nitro benzene ring substituents is 1. The third-order valence-electron chi connectivity index (χ3n) is 2.90. The molecule has 19 heavy (non-hydrogen) atoms. The number of aliphatic hydroxyl groups excluding tert-OH is 3. The number of ether oxygens (including phenoxy) is 1. The molecule has 1 aliphatic rings. The van der Waals surface area contributed by atoms with Crippen LogP contribution in [0.2, 0.25) is 0 Å². The number of nitrogens with zero attached hydrogens (tertiary/aromatic N) is 1. The minimum absolute atomic E-state index is 0.167. The van der Waals surface area contributed by atoms with Crippen molar-refractivity contribution in [2.75, 3.05) is 11.9 Å². The van der Waals surface area contributed by atoms with Crippen molar-refractivity contribution in [3.05, 3.63) is 34.4 Å². The lowest BCUT2D eigenvalue weighted by Gasteiger charge is -2.35. The zero-order chi connectivity index (χ0) is 14.0. The average Bonchev–Trinajstić information content (AvgIpc) is 2.40. The summed E-state index contributed by atoms with van der Waals surface area (Å²) in [5.74, 6) is 0. The van der Waals surface area contributed by atoms with Crippen LogP contribution in [0, 0.1) is 10.1 Å². The van der Waals surface area contributed by atoms with Crippen LogP contribution in [0.1, 0.15) is 0 Å². The second-order valence-electron chi connectivity index (χ2n) is 4.22. The van der Waals surface area contributed by atoms with E-state index < -0.39 is 29.5 Å². The zero-order valence-electron chi connectivity index (χ0n) is 9.84. The summed E-state index contributed by atoms with van der Waals surface area (Å²) in [6.07, 6.45) is -4.96. The van der Waals surface area contributed by atoms with Crippen molar-refractivity contribution in [2.24, 2.45) is 0 Å². The molecule has 1 aromatic carbocycles. The van der Waals surface area contributed by atoms with Crippen molar-refractivity contribution < 1.29 is 25.0 Å². The fourth-order valence-electron chi connectivity index (χ4n) is 1.84. The van der Waals surface area contributed by atoms with E-state index in [-0.39, 0.29) is 18.0 Å². The van der Waals surface area contributed by atoms with Gasteiger partial charge in [-0.25, -0.2) is 0 Å². The van der Waals surface area contributed by atoms with Gasteiger partial charge in [0.2, 0.25) is 0 Å². The molecular formula is C11H14N2O6. The quantitative estimate of drug-likeness (QED) is 0.428. The monoisotopic (exact) mass is 270 g/mol. The van der Waals surface area contributed by atoms with Crippen molar-refractivity contribution in [1.82, 2.24) is 0 Å². The second-order valence-corrected chi connectivity index (χ2v) is 4.22. The summed E-state index contributed by atoms with van der Waals surface area (Å²) < 4.78 is 5.12. The molecule has 8 nitrogen and oxygen atoms in total. The van der Waals surface area contributed by atoms with Crippen LogP contribution < -0.4 is 5.32 Å². The van der Waals surface area contributed by atoms with E-state index in [9.17, 15) is 25.4 Å². The molecular weight excluding hydrogens is 256 g/mol. The lowest BCUT2D eigenvalue weighted by atomic mass is 10.0. The Labute approximate surface area is 108 Å². The summed E-state index contributed by atoms with van der Waals surface area (Å²) in [5, 5.41) is 42.0. The number of hydrogen-bond donors (Lipinski definition) is 4. The maximum Gasteiger partial charge on any atom is 0.292 e. The average molecular weight is 270 g/mol. The molecule has 1 fully saturated rings. The minimum atomic E-state index is -1.39. The summed E-state index contributed by atoms with van der Waals surface area (Å²) in [5.41, 5.74) is -0.000878. The van der Waals surface area contributed by atoms with Gasteiger partial charge in [-0.15, -0.1) is 0 Å². The molecule has 0 radical (unpaired) electrons. The van der Waals surface area contributed by atoms with E-state index in [1.165, 1.54) is 18.2 Å². The highest BCUT2D eigenvalue weighted by Crippen LogP contribution is 2.26. The molecule has 0 aliphatic carbocycles. The molecule has 0 amide bonds. The van der Waals surface area contributed by atoms with E-state index >= 15 is 0 Å². The summed E-state index contributed by atoms with van der Waals surface area (Å²) in [7, 11) is 0. The van der Waals surface area contributed by atoms with Crippen molar-refractivity contribution in [3.8, 4) is 0 Å². The van der Waals surface area contributed by atoms with Crippen molar-refractivity contribution in [2.45, 2.75) is 24.5 Å². The van der Waals surface area contributed by atoms with E-state index in [2.05, 4.69) is 5.32 Å². The minimum Gasteiger partial charge on any atom is -0.388 e. The highest BCUT2D eigenvalue weighted by molar-refractivity contribution is 5.61. The number of hydrogen-bond acceptors (Lipinski definition) is 7. The standard InChI is InChI=1S/C11H14N2O6/c14-8-5-19-11(10(16)9(8)15)12-6-3-1-2-4-7(6)13(17)18/h1-4,8-12,14-16H,5H2/t8-,9-,10-,11+/m1/s1. The Balaban J connectivity index is 2.15. The third kappa shape index (κ3) is 2.82. The molecule has 104 valence electrons. The van der Waals surface area contributed by atoms with Crippen LogP contribution >= 0.6 is 0 Å². The molecule has 1 heterocycles. The summed E-state index contributed by atoms with van der Waals surface area (Å²) in [6.45, 7) is -0.170. The highest BCUT2D eigenvalue weighted by atomic mass is 16.6. The maximum absolute atomic E-state index is 10.8. The van der Waals surface area contributed by atoms with Gasteiger partial charge < -0.3 is 25.4 Å². The summed E-state index contributed by atoms with van der Waals surface area (Å²) in [4.78, 5) is 10.3. The van der Waals surface area contributed by atoms with Crippen molar-refractivity contribution >= 4 is 11.4 Å². The molecule has 4 N–H and O–H groups in total. The zero-order valence-corrected chi connectivity index (χ0v) is 9.84. The Morgan fingerprint density at radius 1 is 1.26 bits per heavy atom. The Morgan fingerprint density at radius 2 is 1.95 bits per heavy atom. The Morgan fingerprint density at radius 3 is 2.63 bits per heavy atom. The van der Waals surface area contributed by atoms with Gasteiger partial charge in [-0.2, -0.15) is 0 Å². The first-order chi connectivity index (χ1) is 9.00. The fraction of sp³-hybridized carbons (Fsp3) is 0.455. The van der Waals surface area contributed by atoms with Crippen molar-refractivity contribution in [1.29, 1.82) is 0 Å². The molecule has 4 atom stereocenters. The number of rotatable bonds is 3. The molecule has 2 rings (SSSR count). The Kier molecular flexibility index (Phi) is 3.96. The highest BCUT2D eigenvalue weighted by Gasteiger charge is 2.38. The first kappa shape index (κ1) is 13.7. The molecule has 1 saturated heterocycles. The van der Waals surface area contributed by atoms with Crippen LogP contribution in [-0.2, 0) is 4.74 Å². The van der Waals surface area contributed by atoms with Crippen LogP contribution in [0.4, 0.5) is 11.4 Å². The Hall–Kier alpha value is -1.74. The molecule has 0 saturated carbocycles. The number of benzene rings is 1. The van der Waals surface area contributed by atoms with Gasteiger partial charge in [-0.05, 0) is 6.07 Å². The molecule has 0 bridgehead atoms. The van der Waals surface area contributed by atoms with Gasteiger partial charge in [0, 0.05) is 6.07 Å². The van der Waals surface area contributed by atoms with Crippen LogP contribution in [0.15, 0.2) is 24.3 Å². The lowest BCUT2D eigenvalue weighted by Crippen LogP contribution is -2.55. The van der Waals surface area contributed by atoms with Crippen LogP contribution in [0.3, 0.4) is 0 Å². The maximum atomic E-state index is 10.8. The van der Waals surface area contributed by atoms with Crippen LogP contribution in [0.5, 0.6) is 0 Å². The van der Waals surface area contributed by atoms with Gasteiger partial charge in [-0.3, -0.25) is 10.1 Å². The van der Waals surface area contributed by atoms with Gasteiger partial charge in [0.1, 0.15) is 24.0 Å². The summed E-state index contributed by atoms with van der Waals surface area (Å²) >= 11 is 0. The molecule has 0 aromatic heterocycles. The van der Waals surface area contributed by atoms with Gasteiger partial charge in [0.15, 0.2) is 6.23 Å². The topological polar surface area (TPSA) is 125 Å². The largest absolute Gasteiger partial charge is 0.388 e. The summed E-state index contributed by atoms with van der Waals surface area (Å²) in [6, 6.07) is 5.88. The van der Waals surface area contributed by atoms with Crippen molar-refractivity contribution in [3.63, 3.8) is 0 Å². The molecule has 0 unspecified atom stereocenters. The van der Waals surface area contributed by atoms with E-state index in [0.717, 1.165) is 0 Å². The van der Waals surface area contributed by atoms with Gasteiger partial charge >= 0.3 is 0 Å². The second kappa shape index (κ2) is 5.49. The van der Waals surface area contributed by atoms with E-state index in [1.807, 2.05) is 0 Å². The number of nitro groups is 1. The Bertz CT molecular complexity index is 468. The van der Waals surface area contributed by atoms with E-state index in [1.54, 1.807) is 6.07 Å². The van der Waals surface area contributed by atoms with Gasteiger partial charge in [-0.1, -0.05) is 12.1 Å². The lowest BCUT2D eigenvalue weighted by molar-refractivity contribution is -0.384. The predicted molar refractivity (Wildman–Crippen MR) is 64.5 cm³/mol. The number of aliphatic hydroxyl groups is 3. The molecule has 1 aromatic rings. The predicted octanol–water partition coefficient (Wildman–Crippen LogP) is -0.554. The third-order valence-corrected chi connectivity index (χ3v) is 2.90.